The van der Waals surface area contributed by atoms with Gasteiger partial charge in [-0.2, -0.15) is 0 Å². The van der Waals surface area contributed by atoms with Gasteiger partial charge in [-0.1, -0.05) is 24.3 Å². The molecule has 0 saturated carbocycles. The van der Waals surface area contributed by atoms with E-state index in [-0.39, 0.29) is 5.56 Å². The van der Waals surface area contributed by atoms with Crippen LogP contribution >= 0.6 is 0 Å². The lowest BCUT2D eigenvalue weighted by Gasteiger charge is -2.13. The van der Waals surface area contributed by atoms with Crippen LogP contribution in [-0.2, 0) is 0 Å². The predicted molar refractivity (Wildman–Crippen MR) is 112 cm³/mol. The average molecular weight is 369 g/mol. The van der Waals surface area contributed by atoms with Crippen molar-refractivity contribution in [3.63, 3.8) is 0 Å². The van der Waals surface area contributed by atoms with Gasteiger partial charge in [-0.05, 0) is 53.6 Å². The van der Waals surface area contributed by atoms with E-state index in [1.165, 1.54) is 0 Å². The summed E-state index contributed by atoms with van der Waals surface area (Å²) in [6.45, 7) is 0. The number of H-pyrrole nitrogens is 1. The van der Waals surface area contributed by atoms with E-state index in [1.807, 2.05) is 54.6 Å². The van der Waals surface area contributed by atoms with Crippen LogP contribution in [-0.4, -0.2) is 17.1 Å². The van der Waals surface area contributed by atoms with Gasteiger partial charge in [0.25, 0.3) is 5.56 Å². The van der Waals surface area contributed by atoms with E-state index in [2.05, 4.69) is 9.97 Å². The number of nitrogens with zero attached hydrogens (tertiary/aromatic N) is 1. The SMILES string of the molecule is COc1ccc(-c2cc(-c3cccc(N)c3)c(=O)[nH]c2-c2ccncc2)cc1. The van der Waals surface area contributed by atoms with Crippen molar-refractivity contribution in [2.24, 2.45) is 0 Å². The number of ether oxygens (including phenoxy) is 1. The molecule has 3 N–H and O–H groups in total. The number of anilines is 1. The molecule has 28 heavy (non-hydrogen) atoms. The van der Waals surface area contributed by atoms with Crippen molar-refractivity contribution in [3.8, 4) is 39.3 Å². The Bertz CT molecular complexity index is 1170. The molecular weight excluding hydrogens is 350 g/mol. The highest BCUT2D eigenvalue weighted by Gasteiger charge is 2.14. The first kappa shape index (κ1) is 17.5. The minimum Gasteiger partial charge on any atom is -0.497 e. The van der Waals surface area contributed by atoms with Crippen molar-refractivity contribution in [2.45, 2.75) is 0 Å². The smallest absolute Gasteiger partial charge is 0.256 e. The van der Waals surface area contributed by atoms with E-state index in [1.54, 1.807) is 31.6 Å². The number of pyridine rings is 2. The molecule has 4 aromatic rings. The molecule has 0 amide bonds. The number of hydrogen-bond acceptors (Lipinski definition) is 4. The maximum Gasteiger partial charge on any atom is 0.256 e. The summed E-state index contributed by atoms with van der Waals surface area (Å²) in [4.78, 5) is 20.0. The maximum atomic E-state index is 12.9. The van der Waals surface area contributed by atoms with E-state index >= 15 is 0 Å². The lowest BCUT2D eigenvalue weighted by molar-refractivity contribution is 0.415. The van der Waals surface area contributed by atoms with Crippen LogP contribution in [0.5, 0.6) is 5.75 Å². The van der Waals surface area contributed by atoms with Crippen molar-refractivity contribution in [1.29, 1.82) is 0 Å². The van der Waals surface area contributed by atoms with Gasteiger partial charge in [-0.25, -0.2) is 0 Å². The number of methoxy groups -OCH3 is 1. The summed E-state index contributed by atoms with van der Waals surface area (Å²) in [7, 11) is 1.63. The van der Waals surface area contributed by atoms with Crippen molar-refractivity contribution in [3.05, 3.63) is 89.5 Å². The zero-order chi connectivity index (χ0) is 19.5. The van der Waals surface area contributed by atoms with Crippen LogP contribution < -0.4 is 16.0 Å². The van der Waals surface area contributed by atoms with Gasteiger partial charge in [0.15, 0.2) is 0 Å². The Morgan fingerprint density at radius 1 is 0.857 bits per heavy atom. The third-order valence-electron chi connectivity index (χ3n) is 4.61. The Balaban J connectivity index is 1.96. The fourth-order valence-electron chi connectivity index (χ4n) is 3.20. The fourth-order valence-corrected chi connectivity index (χ4v) is 3.20. The van der Waals surface area contributed by atoms with Crippen LogP contribution in [0.25, 0.3) is 33.5 Å². The third-order valence-corrected chi connectivity index (χ3v) is 4.61. The highest BCUT2D eigenvalue weighted by Crippen LogP contribution is 2.33. The number of hydrogen-bond donors (Lipinski definition) is 2. The largest absolute Gasteiger partial charge is 0.497 e. The highest BCUT2D eigenvalue weighted by atomic mass is 16.5. The Morgan fingerprint density at radius 3 is 2.29 bits per heavy atom. The molecule has 0 bridgehead atoms. The molecule has 2 aromatic heterocycles. The van der Waals surface area contributed by atoms with E-state index in [4.69, 9.17) is 10.5 Å². The van der Waals surface area contributed by atoms with Crippen LogP contribution in [0.3, 0.4) is 0 Å². The zero-order valence-electron chi connectivity index (χ0n) is 15.3. The molecule has 0 spiro atoms. The van der Waals surface area contributed by atoms with Gasteiger partial charge in [0.1, 0.15) is 5.75 Å². The summed E-state index contributed by atoms with van der Waals surface area (Å²) in [5.41, 5.74) is 11.2. The lowest BCUT2D eigenvalue weighted by atomic mass is 9.96. The minimum absolute atomic E-state index is 0.172. The molecule has 0 aliphatic rings. The van der Waals surface area contributed by atoms with Crippen molar-refractivity contribution in [1.82, 2.24) is 9.97 Å². The highest BCUT2D eigenvalue weighted by molar-refractivity contribution is 5.84. The fraction of sp³-hybridized carbons (Fsp3) is 0.0435. The number of aromatic nitrogens is 2. The minimum atomic E-state index is -0.172. The number of nitrogens with one attached hydrogen (secondary N) is 1. The van der Waals surface area contributed by atoms with Crippen LogP contribution in [0, 0.1) is 0 Å². The molecule has 138 valence electrons. The second-order valence-corrected chi connectivity index (χ2v) is 6.39. The molecule has 4 rings (SSSR count). The second kappa shape index (κ2) is 7.40. The van der Waals surface area contributed by atoms with Gasteiger partial charge in [0.2, 0.25) is 0 Å². The van der Waals surface area contributed by atoms with Gasteiger partial charge in [-0.15, -0.1) is 0 Å². The lowest BCUT2D eigenvalue weighted by Crippen LogP contribution is -2.11. The Labute approximate surface area is 162 Å². The molecule has 5 heteroatoms. The summed E-state index contributed by atoms with van der Waals surface area (Å²) in [5, 5.41) is 0. The Morgan fingerprint density at radius 2 is 1.61 bits per heavy atom. The topological polar surface area (TPSA) is 81.0 Å². The standard InChI is InChI=1S/C23H19N3O2/c1-28-19-7-5-15(6-8-19)20-14-21(17-3-2-4-18(24)13-17)23(27)26-22(20)16-9-11-25-12-10-16/h2-14H,24H2,1H3,(H,26,27). The third kappa shape index (κ3) is 3.38. The molecule has 0 unspecified atom stereocenters. The Kier molecular flexibility index (Phi) is 4.64. The van der Waals surface area contributed by atoms with Gasteiger partial charge < -0.3 is 15.5 Å². The first-order valence-corrected chi connectivity index (χ1v) is 8.84. The van der Waals surface area contributed by atoms with Gasteiger partial charge in [0, 0.05) is 34.8 Å². The second-order valence-electron chi connectivity index (χ2n) is 6.39. The van der Waals surface area contributed by atoms with Crippen molar-refractivity contribution in [2.75, 3.05) is 12.8 Å². The molecular formula is C23H19N3O2. The monoisotopic (exact) mass is 369 g/mol. The van der Waals surface area contributed by atoms with E-state index in [9.17, 15) is 4.79 Å². The summed E-state index contributed by atoms with van der Waals surface area (Å²) in [5.74, 6) is 0.773. The number of benzene rings is 2. The van der Waals surface area contributed by atoms with E-state index < -0.39 is 0 Å². The van der Waals surface area contributed by atoms with Crippen LogP contribution in [0.4, 0.5) is 5.69 Å². The summed E-state index contributed by atoms with van der Waals surface area (Å²) < 4.78 is 5.27. The van der Waals surface area contributed by atoms with Crippen LogP contribution in [0.1, 0.15) is 0 Å². The molecule has 5 nitrogen and oxygen atoms in total. The van der Waals surface area contributed by atoms with Crippen LogP contribution in [0.15, 0.2) is 83.9 Å². The average Bonchev–Trinajstić information content (AvgIpc) is 2.74. The Hall–Kier alpha value is -3.86. The first-order chi connectivity index (χ1) is 13.7. The molecule has 0 radical (unpaired) electrons. The first-order valence-electron chi connectivity index (χ1n) is 8.84. The summed E-state index contributed by atoms with van der Waals surface area (Å²) in [6, 6.07) is 20.7. The van der Waals surface area contributed by atoms with Crippen molar-refractivity contribution >= 4 is 5.69 Å². The molecule has 0 atom stereocenters. The normalized spacial score (nSPS) is 10.6. The van der Waals surface area contributed by atoms with E-state index in [0.29, 0.717) is 11.3 Å². The van der Waals surface area contributed by atoms with Crippen molar-refractivity contribution < 1.29 is 4.74 Å². The molecule has 2 heterocycles. The number of nitrogen functional groups attached to an aromatic ring is 1. The van der Waals surface area contributed by atoms with E-state index in [0.717, 1.165) is 33.7 Å². The molecule has 0 aliphatic heterocycles. The molecule has 0 aliphatic carbocycles. The number of rotatable bonds is 4. The van der Waals surface area contributed by atoms with Crippen LogP contribution in [0.2, 0.25) is 0 Å². The number of aromatic amines is 1. The van der Waals surface area contributed by atoms with Gasteiger partial charge in [-0.3, -0.25) is 9.78 Å². The quantitative estimate of drug-likeness (QED) is 0.524. The zero-order valence-corrected chi connectivity index (χ0v) is 15.3. The summed E-state index contributed by atoms with van der Waals surface area (Å²) >= 11 is 0. The molecule has 0 saturated heterocycles. The summed E-state index contributed by atoms with van der Waals surface area (Å²) in [6.07, 6.45) is 3.41. The number of nitrogens with two attached hydrogens (primary N) is 1. The van der Waals surface area contributed by atoms with Gasteiger partial charge >= 0.3 is 0 Å². The molecule has 2 aromatic carbocycles. The molecule has 0 fully saturated rings. The van der Waals surface area contributed by atoms with Gasteiger partial charge in [0.05, 0.1) is 12.8 Å². The maximum absolute atomic E-state index is 12.9. The predicted octanol–water partition coefficient (Wildman–Crippen LogP) is 4.36.